The molecule has 116 valence electrons. The van der Waals surface area contributed by atoms with Gasteiger partial charge >= 0.3 is 5.97 Å². The van der Waals surface area contributed by atoms with Crippen LogP contribution in [0.3, 0.4) is 0 Å². The number of anilines is 1. The zero-order valence-corrected chi connectivity index (χ0v) is 12.9. The van der Waals surface area contributed by atoms with E-state index in [1.807, 2.05) is 0 Å². The van der Waals surface area contributed by atoms with Gasteiger partial charge in [0.05, 0.1) is 12.2 Å². The number of ether oxygens (including phenoxy) is 1. The molecule has 0 spiro atoms. The number of hydrogen-bond donors (Lipinski definition) is 2. The molecule has 0 radical (unpaired) electrons. The van der Waals surface area contributed by atoms with Crippen molar-refractivity contribution in [1.82, 2.24) is 5.32 Å². The molecule has 1 heterocycles. The predicted octanol–water partition coefficient (Wildman–Crippen LogP) is 2.22. The lowest BCUT2D eigenvalue weighted by molar-refractivity contribution is -0.116. The zero-order valence-electron chi connectivity index (χ0n) is 12.1. The van der Waals surface area contributed by atoms with Gasteiger partial charge in [-0.2, -0.15) is 0 Å². The van der Waals surface area contributed by atoms with Crippen LogP contribution in [-0.2, 0) is 9.53 Å². The van der Waals surface area contributed by atoms with Crippen molar-refractivity contribution in [2.24, 2.45) is 5.92 Å². The Balaban J connectivity index is 0.00000220. The molecule has 1 aromatic rings. The summed E-state index contributed by atoms with van der Waals surface area (Å²) >= 11 is 0. The second-order valence-electron chi connectivity index (χ2n) is 4.91. The van der Waals surface area contributed by atoms with Crippen LogP contribution in [0.1, 0.15) is 30.1 Å². The molecular weight excluding hydrogens is 292 g/mol. The molecule has 0 bridgehead atoms. The van der Waals surface area contributed by atoms with Gasteiger partial charge in [0.2, 0.25) is 5.91 Å². The van der Waals surface area contributed by atoms with Gasteiger partial charge in [0, 0.05) is 12.1 Å². The van der Waals surface area contributed by atoms with Crippen LogP contribution >= 0.6 is 12.4 Å². The van der Waals surface area contributed by atoms with Crippen LogP contribution < -0.4 is 10.6 Å². The van der Waals surface area contributed by atoms with Gasteiger partial charge in [0.15, 0.2) is 0 Å². The molecular formula is C15H21ClN2O3. The average molecular weight is 313 g/mol. The van der Waals surface area contributed by atoms with Crippen molar-refractivity contribution in [3.63, 3.8) is 0 Å². The van der Waals surface area contributed by atoms with Gasteiger partial charge in [-0.25, -0.2) is 4.79 Å². The molecule has 1 fully saturated rings. The Morgan fingerprint density at radius 1 is 1.43 bits per heavy atom. The van der Waals surface area contributed by atoms with Crippen molar-refractivity contribution in [2.75, 3.05) is 25.0 Å². The Bertz CT molecular complexity index is 488. The first-order chi connectivity index (χ1) is 9.69. The average Bonchev–Trinajstić information content (AvgIpc) is 2.92. The summed E-state index contributed by atoms with van der Waals surface area (Å²) in [5.41, 5.74) is 1.08. The van der Waals surface area contributed by atoms with Crippen LogP contribution in [0.5, 0.6) is 0 Å². The topological polar surface area (TPSA) is 67.4 Å². The second kappa shape index (κ2) is 8.64. The summed E-state index contributed by atoms with van der Waals surface area (Å²) in [7, 11) is 0. The molecule has 1 saturated heterocycles. The standard InChI is InChI=1S/C15H20N2O3.ClH/c1-2-20-15(19)12-4-3-5-13(9-12)17-14(18)8-11-6-7-16-10-11;/h3-5,9,11,16H,2,6-8,10H2,1H3,(H,17,18);1H. The van der Waals surface area contributed by atoms with Gasteiger partial charge in [-0.1, -0.05) is 6.07 Å². The van der Waals surface area contributed by atoms with E-state index in [1.165, 1.54) is 0 Å². The van der Waals surface area contributed by atoms with E-state index < -0.39 is 0 Å². The molecule has 6 heteroatoms. The minimum Gasteiger partial charge on any atom is -0.462 e. The minimum atomic E-state index is -0.372. The van der Waals surface area contributed by atoms with Gasteiger partial charge in [-0.05, 0) is 50.6 Å². The second-order valence-corrected chi connectivity index (χ2v) is 4.91. The van der Waals surface area contributed by atoms with Crippen molar-refractivity contribution < 1.29 is 14.3 Å². The monoisotopic (exact) mass is 312 g/mol. The zero-order chi connectivity index (χ0) is 14.4. The van der Waals surface area contributed by atoms with Gasteiger partial charge in [0.25, 0.3) is 0 Å². The molecule has 1 aromatic carbocycles. The Morgan fingerprint density at radius 3 is 2.90 bits per heavy atom. The first-order valence-electron chi connectivity index (χ1n) is 6.96. The predicted molar refractivity (Wildman–Crippen MR) is 83.9 cm³/mol. The van der Waals surface area contributed by atoms with Crippen LogP contribution in [-0.4, -0.2) is 31.6 Å². The molecule has 1 amide bonds. The lowest BCUT2D eigenvalue weighted by Crippen LogP contribution is -2.18. The number of amides is 1. The summed E-state index contributed by atoms with van der Waals surface area (Å²) in [5, 5.41) is 6.07. The Hall–Kier alpha value is -1.59. The molecule has 0 aromatic heterocycles. The SMILES string of the molecule is CCOC(=O)c1cccc(NC(=O)CC2CCNC2)c1.Cl. The van der Waals surface area contributed by atoms with Crippen LogP contribution in [0.15, 0.2) is 24.3 Å². The maximum Gasteiger partial charge on any atom is 0.338 e. The minimum absolute atomic E-state index is 0. The van der Waals surface area contributed by atoms with E-state index in [0.717, 1.165) is 19.5 Å². The smallest absolute Gasteiger partial charge is 0.338 e. The first kappa shape index (κ1) is 17.5. The highest BCUT2D eigenvalue weighted by molar-refractivity contribution is 5.94. The molecule has 1 unspecified atom stereocenters. The Kier molecular flexibility index (Phi) is 7.19. The van der Waals surface area contributed by atoms with E-state index in [2.05, 4.69) is 10.6 Å². The van der Waals surface area contributed by atoms with Crippen LogP contribution in [0.2, 0.25) is 0 Å². The molecule has 21 heavy (non-hydrogen) atoms. The third-order valence-electron chi connectivity index (χ3n) is 3.29. The van der Waals surface area contributed by atoms with E-state index in [4.69, 9.17) is 4.74 Å². The van der Waals surface area contributed by atoms with Crippen molar-refractivity contribution in [3.8, 4) is 0 Å². The molecule has 5 nitrogen and oxygen atoms in total. The van der Waals surface area contributed by atoms with Gasteiger partial charge in [-0.15, -0.1) is 12.4 Å². The first-order valence-corrected chi connectivity index (χ1v) is 6.96. The normalized spacial score (nSPS) is 16.9. The van der Waals surface area contributed by atoms with Gasteiger partial charge in [-0.3, -0.25) is 4.79 Å². The molecule has 2 N–H and O–H groups in total. The van der Waals surface area contributed by atoms with E-state index in [0.29, 0.717) is 30.2 Å². The fourth-order valence-corrected chi connectivity index (χ4v) is 2.30. The molecule has 1 atom stereocenters. The summed E-state index contributed by atoms with van der Waals surface area (Å²) in [5.74, 6) is 0.0199. The van der Waals surface area contributed by atoms with E-state index in [-0.39, 0.29) is 24.3 Å². The molecule has 1 aliphatic heterocycles. The summed E-state index contributed by atoms with van der Waals surface area (Å²) < 4.78 is 4.94. The largest absolute Gasteiger partial charge is 0.462 e. The molecule has 1 aliphatic rings. The van der Waals surface area contributed by atoms with Gasteiger partial charge in [0.1, 0.15) is 0 Å². The fraction of sp³-hybridized carbons (Fsp3) is 0.467. The highest BCUT2D eigenvalue weighted by Gasteiger charge is 2.18. The lowest BCUT2D eigenvalue weighted by Gasteiger charge is -2.10. The number of hydrogen-bond acceptors (Lipinski definition) is 4. The number of carbonyl (C=O) groups excluding carboxylic acids is 2. The van der Waals surface area contributed by atoms with Crippen molar-refractivity contribution in [2.45, 2.75) is 19.8 Å². The maximum atomic E-state index is 11.9. The number of benzene rings is 1. The van der Waals surface area contributed by atoms with Crippen molar-refractivity contribution in [1.29, 1.82) is 0 Å². The highest BCUT2D eigenvalue weighted by atomic mass is 35.5. The highest BCUT2D eigenvalue weighted by Crippen LogP contribution is 2.16. The third kappa shape index (κ3) is 5.36. The van der Waals surface area contributed by atoms with E-state index >= 15 is 0 Å². The Labute approximate surface area is 130 Å². The quantitative estimate of drug-likeness (QED) is 0.818. The third-order valence-corrected chi connectivity index (χ3v) is 3.29. The lowest BCUT2D eigenvalue weighted by atomic mass is 10.0. The van der Waals surface area contributed by atoms with E-state index in [1.54, 1.807) is 31.2 Å². The van der Waals surface area contributed by atoms with Crippen LogP contribution in [0.4, 0.5) is 5.69 Å². The maximum absolute atomic E-state index is 11.9. The van der Waals surface area contributed by atoms with Crippen LogP contribution in [0, 0.1) is 5.92 Å². The van der Waals surface area contributed by atoms with Crippen LogP contribution in [0.25, 0.3) is 0 Å². The summed E-state index contributed by atoms with van der Waals surface area (Å²) in [6, 6.07) is 6.82. The number of rotatable bonds is 5. The molecule has 0 aliphatic carbocycles. The summed E-state index contributed by atoms with van der Waals surface area (Å²) in [6.45, 7) is 3.98. The Morgan fingerprint density at radius 2 is 2.24 bits per heavy atom. The number of esters is 1. The van der Waals surface area contributed by atoms with Crippen molar-refractivity contribution in [3.05, 3.63) is 29.8 Å². The number of carbonyl (C=O) groups is 2. The molecule has 2 rings (SSSR count). The number of nitrogens with one attached hydrogen (secondary N) is 2. The number of halogens is 1. The fourth-order valence-electron chi connectivity index (χ4n) is 2.30. The van der Waals surface area contributed by atoms with E-state index in [9.17, 15) is 9.59 Å². The van der Waals surface area contributed by atoms with Crippen molar-refractivity contribution >= 4 is 30.0 Å². The molecule has 0 saturated carbocycles. The summed E-state index contributed by atoms with van der Waals surface area (Å²) in [4.78, 5) is 23.5. The van der Waals surface area contributed by atoms with Gasteiger partial charge < -0.3 is 15.4 Å². The summed E-state index contributed by atoms with van der Waals surface area (Å²) in [6.07, 6.45) is 1.55.